The topological polar surface area (TPSA) is 99.1 Å². The summed E-state index contributed by atoms with van der Waals surface area (Å²) in [5, 5.41) is 10.1. The third kappa shape index (κ3) is 5.97. The molecule has 32 heavy (non-hydrogen) atoms. The lowest BCUT2D eigenvalue weighted by Gasteiger charge is -2.25. The van der Waals surface area contributed by atoms with Crippen LogP contribution in [0.25, 0.3) is 0 Å². The van der Waals surface area contributed by atoms with Crippen molar-refractivity contribution >= 4 is 29.5 Å². The summed E-state index contributed by atoms with van der Waals surface area (Å²) in [4.78, 5) is 38.2. The Morgan fingerprint density at radius 3 is 2.78 bits per heavy atom. The Morgan fingerprint density at radius 2 is 2.03 bits per heavy atom. The minimum Gasteiger partial charge on any atom is -0.459 e. The van der Waals surface area contributed by atoms with Crippen molar-refractivity contribution < 1.29 is 33.7 Å². The van der Waals surface area contributed by atoms with Gasteiger partial charge in [-0.15, -0.1) is 0 Å². The number of benzene rings is 1. The van der Waals surface area contributed by atoms with Crippen LogP contribution in [0.5, 0.6) is 0 Å². The zero-order chi connectivity index (χ0) is 23.1. The first-order chi connectivity index (χ1) is 15.4. The Morgan fingerprint density at radius 1 is 1.25 bits per heavy atom. The minimum atomic E-state index is -1.09. The largest absolute Gasteiger partial charge is 0.459 e. The molecule has 1 aromatic rings. The Labute approximate surface area is 191 Å². The first-order valence-corrected chi connectivity index (χ1v) is 11.3. The number of hydrogen-bond donors (Lipinski definition) is 1. The van der Waals surface area contributed by atoms with Gasteiger partial charge in [-0.3, -0.25) is 4.79 Å². The zero-order valence-corrected chi connectivity index (χ0v) is 18.9. The van der Waals surface area contributed by atoms with Crippen molar-refractivity contribution in [1.29, 1.82) is 0 Å². The molecule has 7 nitrogen and oxygen atoms in total. The van der Waals surface area contributed by atoms with E-state index in [-0.39, 0.29) is 25.4 Å². The zero-order valence-electron chi connectivity index (χ0n) is 18.0. The number of thioether (sulfide) groups is 1. The molecular weight excluding hydrogens is 432 g/mol. The van der Waals surface area contributed by atoms with Crippen LogP contribution < -0.4 is 0 Å². The number of Topliss-reactive ketones (excluding diaryl/α,β-unsaturated/α-hetero) is 1. The van der Waals surface area contributed by atoms with Gasteiger partial charge in [0, 0.05) is 40.7 Å². The van der Waals surface area contributed by atoms with Crippen LogP contribution in [-0.2, 0) is 35.0 Å². The molecule has 0 saturated carbocycles. The summed E-state index contributed by atoms with van der Waals surface area (Å²) in [5.74, 6) is -1.12. The van der Waals surface area contributed by atoms with Crippen LogP contribution in [0.15, 0.2) is 63.4 Å². The summed E-state index contributed by atoms with van der Waals surface area (Å²) in [5.41, 5.74) is 2.03. The second kappa shape index (κ2) is 11.3. The molecule has 0 fully saturated rings. The van der Waals surface area contributed by atoms with Gasteiger partial charge in [0.2, 0.25) is 6.29 Å². The Balaban J connectivity index is 1.55. The highest BCUT2D eigenvalue weighted by molar-refractivity contribution is 8.03. The molecule has 1 aromatic carbocycles. The molecule has 0 amide bonds. The molecule has 2 unspecified atom stereocenters. The van der Waals surface area contributed by atoms with Crippen LogP contribution in [0.2, 0.25) is 0 Å². The fourth-order valence-electron chi connectivity index (χ4n) is 3.28. The van der Waals surface area contributed by atoms with E-state index < -0.39 is 24.3 Å². The molecule has 1 heterocycles. The number of esters is 2. The molecule has 3 rings (SSSR count). The number of rotatable bonds is 9. The number of aliphatic hydroxyl groups is 1. The Bertz CT molecular complexity index is 976. The van der Waals surface area contributed by atoms with E-state index in [1.807, 2.05) is 24.3 Å². The summed E-state index contributed by atoms with van der Waals surface area (Å²) in [6.45, 7) is 3.03. The molecule has 1 aliphatic heterocycles. The summed E-state index contributed by atoms with van der Waals surface area (Å²) in [7, 11) is 0. The van der Waals surface area contributed by atoms with Gasteiger partial charge in [-0.05, 0) is 18.6 Å². The van der Waals surface area contributed by atoms with E-state index in [9.17, 15) is 19.5 Å². The second-order valence-electron chi connectivity index (χ2n) is 7.30. The van der Waals surface area contributed by atoms with Crippen LogP contribution in [0.3, 0.4) is 0 Å². The van der Waals surface area contributed by atoms with Crippen molar-refractivity contribution in [2.45, 2.75) is 50.4 Å². The highest BCUT2D eigenvalue weighted by atomic mass is 32.2. The van der Waals surface area contributed by atoms with Gasteiger partial charge in [0.05, 0.1) is 12.2 Å². The molecule has 2 atom stereocenters. The van der Waals surface area contributed by atoms with E-state index >= 15 is 0 Å². The number of hydrogen-bond acceptors (Lipinski definition) is 8. The van der Waals surface area contributed by atoms with Crippen LogP contribution in [-0.4, -0.2) is 48.4 Å². The van der Waals surface area contributed by atoms with Gasteiger partial charge >= 0.3 is 11.9 Å². The third-order valence-electron chi connectivity index (χ3n) is 4.88. The number of aliphatic hydroxyl groups excluding tert-OH is 1. The molecule has 8 heteroatoms. The average Bonchev–Trinajstić information content (AvgIpc) is 2.79. The number of carbonyl (C=O) groups excluding carboxylic acids is 3. The van der Waals surface area contributed by atoms with Crippen molar-refractivity contribution in [3.8, 4) is 0 Å². The lowest BCUT2D eigenvalue weighted by atomic mass is 9.92. The first-order valence-electron chi connectivity index (χ1n) is 10.5. The molecule has 0 radical (unpaired) electrons. The molecule has 1 aliphatic carbocycles. The standard InChI is InChI=1S/C24H26O7S/c1-3-7-21(27)31-22(4-2)29-13-16(25)14-30-24(28)17-10-11-19(26)18-12-15-8-5-6-9-20(15)32-23(17)18/h3,5-10,16,22,25H,4,11-14H2,1-2H3/b7-3+. The van der Waals surface area contributed by atoms with Gasteiger partial charge in [0.25, 0.3) is 0 Å². The van der Waals surface area contributed by atoms with Gasteiger partial charge in [-0.25, -0.2) is 9.59 Å². The maximum Gasteiger partial charge on any atom is 0.339 e. The minimum absolute atomic E-state index is 0.00469. The van der Waals surface area contributed by atoms with Crippen molar-refractivity contribution in [1.82, 2.24) is 0 Å². The van der Waals surface area contributed by atoms with E-state index in [1.165, 1.54) is 17.8 Å². The van der Waals surface area contributed by atoms with Crippen molar-refractivity contribution in [3.63, 3.8) is 0 Å². The Hall–Kier alpha value is -2.68. The first kappa shape index (κ1) is 24.0. The number of allylic oxidation sites excluding steroid dienone is 3. The third-order valence-corrected chi connectivity index (χ3v) is 6.17. The van der Waals surface area contributed by atoms with Gasteiger partial charge in [0.1, 0.15) is 12.7 Å². The predicted octanol–water partition coefficient (Wildman–Crippen LogP) is 3.26. The quantitative estimate of drug-likeness (QED) is 0.342. The van der Waals surface area contributed by atoms with Crippen molar-refractivity contribution in [2.75, 3.05) is 13.2 Å². The molecular formula is C24H26O7S. The van der Waals surface area contributed by atoms with Gasteiger partial charge in [0.15, 0.2) is 5.78 Å². The summed E-state index contributed by atoms with van der Waals surface area (Å²) in [6, 6.07) is 7.78. The van der Waals surface area contributed by atoms with E-state index in [4.69, 9.17) is 14.2 Å². The van der Waals surface area contributed by atoms with Gasteiger partial charge < -0.3 is 19.3 Å². The molecule has 0 bridgehead atoms. The highest BCUT2D eigenvalue weighted by Crippen LogP contribution is 2.44. The summed E-state index contributed by atoms with van der Waals surface area (Å²) in [6.07, 6.45) is 3.57. The molecule has 0 spiro atoms. The smallest absolute Gasteiger partial charge is 0.339 e. The van der Waals surface area contributed by atoms with Crippen LogP contribution in [0.4, 0.5) is 0 Å². The lowest BCUT2D eigenvalue weighted by molar-refractivity contribution is -0.181. The number of carbonyl (C=O) groups is 3. The fraction of sp³-hybridized carbons (Fsp3) is 0.375. The molecule has 2 aliphatic rings. The number of ketones is 1. The SMILES string of the molecule is C/C=C/C(=O)OC(CC)OCC(O)COC(=O)C1=CCC(=O)C2=C1Sc1ccccc1C2. The highest BCUT2D eigenvalue weighted by Gasteiger charge is 2.32. The van der Waals surface area contributed by atoms with Gasteiger partial charge in [-0.1, -0.05) is 49.0 Å². The van der Waals surface area contributed by atoms with E-state index in [0.29, 0.717) is 28.9 Å². The molecule has 1 N–H and O–H groups in total. The average molecular weight is 459 g/mol. The number of fused-ring (bicyclic) bond motifs is 1. The predicted molar refractivity (Wildman–Crippen MR) is 119 cm³/mol. The summed E-state index contributed by atoms with van der Waals surface area (Å²) < 4.78 is 15.8. The maximum absolute atomic E-state index is 12.7. The fourth-order valence-corrected chi connectivity index (χ4v) is 4.50. The van der Waals surface area contributed by atoms with Crippen LogP contribution in [0.1, 0.15) is 32.3 Å². The maximum atomic E-state index is 12.7. The van der Waals surface area contributed by atoms with E-state index in [1.54, 1.807) is 26.0 Å². The molecule has 0 aromatic heterocycles. The number of ether oxygens (including phenoxy) is 3. The molecule has 0 saturated heterocycles. The monoisotopic (exact) mass is 458 g/mol. The van der Waals surface area contributed by atoms with E-state index in [2.05, 4.69) is 0 Å². The van der Waals surface area contributed by atoms with E-state index in [0.717, 1.165) is 10.5 Å². The summed E-state index contributed by atoms with van der Waals surface area (Å²) >= 11 is 1.39. The Kier molecular flexibility index (Phi) is 8.44. The second-order valence-corrected chi connectivity index (χ2v) is 8.35. The van der Waals surface area contributed by atoms with Crippen molar-refractivity contribution in [3.05, 3.63) is 64.1 Å². The van der Waals surface area contributed by atoms with Crippen LogP contribution in [0, 0.1) is 0 Å². The van der Waals surface area contributed by atoms with Gasteiger partial charge in [-0.2, -0.15) is 0 Å². The lowest BCUT2D eigenvalue weighted by Crippen LogP contribution is -2.29. The normalized spacial score (nSPS) is 17.3. The van der Waals surface area contributed by atoms with Crippen molar-refractivity contribution in [2.24, 2.45) is 0 Å². The molecule has 170 valence electrons. The van der Waals surface area contributed by atoms with Crippen LogP contribution >= 0.6 is 11.8 Å².